The van der Waals surface area contributed by atoms with E-state index in [0.717, 1.165) is 0 Å². The van der Waals surface area contributed by atoms with Crippen molar-refractivity contribution in [2.45, 2.75) is 0 Å². The fraction of sp³-hybridized carbons (Fsp3) is 0. The molecule has 0 aromatic heterocycles. The molecule has 4 heteroatoms. The molecule has 0 aromatic rings. The molecule has 0 saturated heterocycles. The van der Waals surface area contributed by atoms with Crippen molar-refractivity contribution < 1.29 is 17.1 Å². The van der Waals surface area contributed by atoms with Crippen LogP contribution in [0.15, 0.2) is 0 Å². The minimum Gasteiger partial charge on any atom is 0 e. The molecule has 0 unspecified atom stereocenters. The second kappa shape index (κ2) is 4.51. The summed E-state index contributed by atoms with van der Waals surface area (Å²) in [5, 5.41) is 6.22. The zero-order valence-corrected chi connectivity index (χ0v) is 4.94. The Bertz CT molecular complexity index is 32.6. The fourth-order valence-corrected chi connectivity index (χ4v) is 0. The summed E-state index contributed by atoms with van der Waals surface area (Å²) >= 11 is 2.26. The number of nitrogens with two attached hydrogens (primary N) is 1. The van der Waals surface area contributed by atoms with E-state index in [2.05, 4.69) is 21.7 Å². The van der Waals surface area contributed by atoms with Gasteiger partial charge in [0.15, 0.2) is 0 Å². The molecule has 0 amide bonds. The summed E-state index contributed by atoms with van der Waals surface area (Å²) in [6, 6.07) is 0. The Hall–Kier alpha value is 0.509. The van der Waals surface area contributed by atoms with E-state index in [4.69, 9.17) is 5.41 Å². The zero-order valence-electron chi connectivity index (χ0n) is 2.29. The van der Waals surface area contributed by atoms with Gasteiger partial charge < -0.3 is 0 Å². The molecule has 0 aliphatic rings. The number of amidine groups is 1. The van der Waals surface area contributed by atoms with Crippen LogP contribution in [0.3, 0.4) is 0 Å². The monoisotopic (exact) mass is 186 g/mol. The molecule has 0 spiro atoms. The average molecular weight is 186 g/mol. The Morgan fingerprint density at radius 3 is 1.80 bits per heavy atom. The molecule has 3 N–H and O–H groups in total. The van der Waals surface area contributed by atoms with E-state index >= 15 is 0 Å². The van der Waals surface area contributed by atoms with E-state index in [-0.39, 0.29) is 21.8 Å². The minimum atomic E-state index is 0. The van der Waals surface area contributed by atoms with Gasteiger partial charge in [-0.15, -0.1) is 0 Å². The van der Waals surface area contributed by atoms with Crippen molar-refractivity contribution in [3.8, 4) is 0 Å². The van der Waals surface area contributed by atoms with Crippen molar-refractivity contribution in [1.82, 2.24) is 0 Å². The molecule has 0 bridgehead atoms. The SMILES string of the molecule is N=C(N)[Se].[Cu]. The van der Waals surface area contributed by atoms with Crippen molar-refractivity contribution in [2.24, 2.45) is 5.73 Å². The van der Waals surface area contributed by atoms with Gasteiger partial charge in [-0.3, -0.25) is 0 Å². The summed E-state index contributed by atoms with van der Waals surface area (Å²) < 4.78 is 0.0417. The molecule has 0 rings (SSSR count). The maximum Gasteiger partial charge on any atom is 0 e. The molecule has 0 heterocycles. The van der Waals surface area contributed by atoms with Crippen LogP contribution in [0.2, 0.25) is 0 Å². The standard InChI is InChI=1S/CH3N2Se.Cu/c2-1(3)4;/h(H3,2,3);. The van der Waals surface area contributed by atoms with Gasteiger partial charge in [-0.25, -0.2) is 0 Å². The third-order valence-electron chi connectivity index (χ3n) is 0. The first-order valence-electron chi connectivity index (χ1n) is 0.743. The molecular formula is CH3CuN2Se. The van der Waals surface area contributed by atoms with Crippen molar-refractivity contribution in [3.63, 3.8) is 0 Å². The minimum absolute atomic E-state index is 0. The van der Waals surface area contributed by atoms with E-state index in [1.165, 1.54) is 0 Å². The molecule has 0 aliphatic heterocycles. The van der Waals surface area contributed by atoms with Crippen LogP contribution in [0, 0.1) is 5.41 Å². The molecule has 34 valence electrons. The third kappa shape index (κ3) is 110. The van der Waals surface area contributed by atoms with Crippen LogP contribution in [0.5, 0.6) is 0 Å². The van der Waals surface area contributed by atoms with Gasteiger partial charge in [0, 0.05) is 17.1 Å². The van der Waals surface area contributed by atoms with Gasteiger partial charge in [-0.2, -0.15) is 0 Å². The number of hydrogen-bond acceptors (Lipinski definition) is 1. The first-order valence-corrected chi connectivity index (χ1v) is 1.60. The smallest absolute Gasteiger partial charge is 0 e. The third-order valence-corrected chi connectivity index (χ3v) is 0. The largest absolute Gasteiger partial charge is 0 e. The van der Waals surface area contributed by atoms with Gasteiger partial charge in [0.05, 0.1) is 0 Å². The average Bonchev–Trinajstić information content (AvgIpc) is 0.811. The van der Waals surface area contributed by atoms with Gasteiger partial charge in [-0.05, 0) is 0 Å². The van der Waals surface area contributed by atoms with Crippen LogP contribution in [0.25, 0.3) is 0 Å². The van der Waals surface area contributed by atoms with E-state index in [1.807, 2.05) is 0 Å². The van der Waals surface area contributed by atoms with Crippen LogP contribution in [-0.4, -0.2) is 20.7 Å². The van der Waals surface area contributed by atoms with E-state index in [0.29, 0.717) is 0 Å². The van der Waals surface area contributed by atoms with Gasteiger partial charge in [-0.1, -0.05) is 0 Å². The Labute approximate surface area is 49.3 Å². The number of rotatable bonds is 0. The van der Waals surface area contributed by atoms with Gasteiger partial charge in [0.1, 0.15) is 0 Å². The fourth-order valence-electron chi connectivity index (χ4n) is 0. The Kier molecular flexibility index (Phi) is 8.20. The topological polar surface area (TPSA) is 49.9 Å². The second-order valence-electron chi connectivity index (χ2n) is 0.364. The van der Waals surface area contributed by atoms with Gasteiger partial charge in [0.2, 0.25) is 0 Å². The van der Waals surface area contributed by atoms with E-state index in [1.54, 1.807) is 0 Å². The Balaban J connectivity index is 0. The Morgan fingerprint density at radius 1 is 1.80 bits per heavy atom. The van der Waals surface area contributed by atoms with Crippen molar-refractivity contribution in [3.05, 3.63) is 0 Å². The molecule has 2 nitrogen and oxygen atoms in total. The second-order valence-corrected chi connectivity index (χ2v) is 1.29. The van der Waals surface area contributed by atoms with E-state index in [9.17, 15) is 0 Å². The summed E-state index contributed by atoms with van der Waals surface area (Å²) in [7, 11) is 0. The molecule has 0 saturated carbocycles. The molecule has 0 atom stereocenters. The van der Waals surface area contributed by atoms with Gasteiger partial charge >= 0.3 is 31.9 Å². The number of nitrogens with one attached hydrogen (secondary N) is 1. The Morgan fingerprint density at radius 2 is 1.80 bits per heavy atom. The molecule has 0 aliphatic carbocycles. The summed E-state index contributed by atoms with van der Waals surface area (Å²) in [5.41, 5.74) is 4.64. The molecule has 0 aromatic carbocycles. The molecular weight excluding hydrogens is 183 g/mol. The molecule has 0 fully saturated rings. The quantitative estimate of drug-likeness (QED) is 0.285. The number of hydrogen-bond donors (Lipinski definition) is 2. The summed E-state index contributed by atoms with van der Waals surface area (Å²) in [5.74, 6) is 0. The van der Waals surface area contributed by atoms with Crippen LogP contribution in [0.4, 0.5) is 0 Å². The van der Waals surface area contributed by atoms with Crippen molar-refractivity contribution in [2.75, 3.05) is 0 Å². The predicted molar refractivity (Wildman–Crippen MR) is 17.7 cm³/mol. The van der Waals surface area contributed by atoms with Gasteiger partial charge in [0.25, 0.3) is 0 Å². The van der Waals surface area contributed by atoms with Crippen LogP contribution in [-0.2, 0) is 17.1 Å². The van der Waals surface area contributed by atoms with Crippen LogP contribution < -0.4 is 5.73 Å². The first kappa shape index (κ1) is 9.10. The van der Waals surface area contributed by atoms with Crippen molar-refractivity contribution >= 4 is 20.7 Å². The predicted octanol–water partition coefficient (Wildman–Crippen LogP) is -0.954. The molecule has 2 radical (unpaired) electrons. The normalized spacial score (nSPS) is 4.80. The summed E-state index contributed by atoms with van der Waals surface area (Å²) in [6.07, 6.45) is 0. The summed E-state index contributed by atoms with van der Waals surface area (Å²) in [4.78, 5) is 0. The van der Waals surface area contributed by atoms with E-state index < -0.39 is 0 Å². The zero-order chi connectivity index (χ0) is 3.58. The first-order chi connectivity index (χ1) is 1.73. The van der Waals surface area contributed by atoms with Crippen LogP contribution >= 0.6 is 0 Å². The van der Waals surface area contributed by atoms with Crippen LogP contribution in [0.1, 0.15) is 0 Å². The van der Waals surface area contributed by atoms with Crippen molar-refractivity contribution in [1.29, 1.82) is 5.41 Å². The molecule has 5 heavy (non-hydrogen) atoms. The summed E-state index contributed by atoms with van der Waals surface area (Å²) in [6.45, 7) is 0. The maximum atomic E-state index is 6.22. The maximum absolute atomic E-state index is 6.22.